The fraction of sp³-hybridized carbons (Fsp3) is 0.278. The van der Waals surface area contributed by atoms with Crippen LogP contribution in [0.15, 0.2) is 48.5 Å². The van der Waals surface area contributed by atoms with E-state index in [1.807, 2.05) is 69.3 Å². The van der Waals surface area contributed by atoms with Gasteiger partial charge in [0.25, 0.3) is 0 Å². The summed E-state index contributed by atoms with van der Waals surface area (Å²) in [6.07, 6.45) is 0.138. The molecule has 0 saturated carbocycles. The van der Waals surface area contributed by atoms with E-state index < -0.39 is 0 Å². The van der Waals surface area contributed by atoms with Crippen LogP contribution in [0, 0.1) is 6.92 Å². The number of aryl methyl sites for hydroxylation is 1. The van der Waals surface area contributed by atoms with Crippen molar-refractivity contribution in [1.29, 1.82) is 0 Å². The lowest BCUT2D eigenvalue weighted by molar-refractivity contribution is -0.114. The third-order valence-corrected chi connectivity index (χ3v) is 2.98. The molecular formula is C18H22N2O2. The molecule has 0 aliphatic carbocycles. The molecule has 0 saturated heterocycles. The summed E-state index contributed by atoms with van der Waals surface area (Å²) in [6, 6.07) is 15.3. The van der Waals surface area contributed by atoms with E-state index in [0.29, 0.717) is 0 Å². The maximum atomic E-state index is 11.9. The molecule has 4 heteroatoms. The van der Waals surface area contributed by atoms with Crippen molar-refractivity contribution < 1.29 is 9.53 Å². The Kier molecular flexibility index (Phi) is 5.42. The molecule has 2 rings (SSSR count). The summed E-state index contributed by atoms with van der Waals surface area (Å²) in [5.74, 6) is 0.713. The van der Waals surface area contributed by atoms with Crippen LogP contribution in [0.2, 0.25) is 0 Å². The third-order valence-electron chi connectivity index (χ3n) is 2.98. The van der Waals surface area contributed by atoms with Gasteiger partial charge in [-0.25, -0.2) is 0 Å². The highest BCUT2D eigenvalue weighted by Gasteiger charge is 2.03. The number of nitrogens with one attached hydrogen (secondary N) is 2. The first-order chi connectivity index (χ1) is 10.5. The van der Waals surface area contributed by atoms with E-state index in [1.54, 1.807) is 0 Å². The molecule has 2 N–H and O–H groups in total. The summed E-state index contributed by atoms with van der Waals surface area (Å²) in [5.41, 5.74) is 2.86. The topological polar surface area (TPSA) is 50.4 Å². The number of ether oxygens (including phenoxy) is 1. The van der Waals surface area contributed by atoms with Gasteiger partial charge in [0.1, 0.15) is 5.75 Å². The van der Waals surface area contributed by atoms with E-state index in [2.05, 4.69) is 10.6 Å². The smallest absolute Gasteiger partial charge is 0.243 e. The highest BCUT2D eigenvalue weighted by Crippen LogP contribution is 2.17. The molecule has 0 unspecified atom stereocenters. The van der Waals surface area contributed by atoms with Gasteiger partial charge in [0.05, 0.1) is 12.6 Å². The van der Waals surface area contributed by atoms with E-state index in [9.17, 15) is 4.79 Å². The summed E-state index contributed by atoms with van der Waals surface area (Å²) in [7, 11) is 0. The van der Waals surface area contributed by atoms with Crippen LogP contribution in [0.5, 0.6) is 5.75 Å². The van der Waals surface area contributed by atoms with Crippen LogP contribution >= 0.6 is 0 Å². The Bertz CT molecular complexity index is 621. The van der Waals surface area contributed by atoms with Gasteiger partial charge in [-0.05, 0) is 62.7 Å². The number of hydrogen-bond acceptors (Lipinski definition) is 3. The Balaban J connectivity index is 1.84. The molecule has 2 aromatic rings. The minimum Gasteiger partial charge on any atom is -0.491 e. The lowest BCUT2D eigenvalue weighted by Crippen LogP contribution is -2.21. The van der Waals surface area contributed by atoms with Gasteiger partial charge in [-0.15, -0.1) is 0 Å². The maximum Gasteiger partial charge on any atom is 0.243 e. The largest absolute Gasteiger partial charge is 0.491 e. The van der Waals surface area contributed by atoms with Crippen molar-refractivity contribution >= 4 is 17.3 Å². The van der Waals surface area contributed by atoms with E-state index in [-0.39, 0.29) is 18.6 Å². The molecule has 0 radical (unpaired) electrons. The summed E-state index contributed by atoms with van der Waals surface area (Å²) in [6.45, 7) is 6.21. The van der Waals surface area contributed by atoms with Crippen molar-refractivity contribution in [3.8, 4) is 5.75 Å². The molecule has 0 aromatic heterocycles. The summed E-state index contributed by atoms with van der Waals surface area (Å²) in [4.78, 5) is 11.9. The monoisotopic (exact) mass is 298 g/mol. The normalized spacial score (nSPS) is 10.4. The first kappa shape index (κ1) is 15.9. The van der Waals surface area contributed by atoms with Gasteiger partial charge in [-0.2, -0.15) is 0 Å². The molecule has 2 aromatic carbocycles. The van der Waals surface area contributed by atoms with Gasteiger partial charge in [0, 0.05) is 11.4 Å². The van der Waals surface area contributed by atoms with Crippen LogP contribution in [-0.4, -0.2) is 18.6 Å². The SMILES string of the molecule is Cc1cccc(NCC(=O)Nc2ccc(OC(C)C)cc2)c1. The molecule has 0 fully saturated rings. The number of amides is 1. The fourth-order valence-electron chi connectivity index (χ4n) is 2.03. The number of benzene rings is 2. The molecule has 0 bridgehead atoms. The van der Waals surface area contributed by atoms with Gasteiger partial charge in [0.2, 0.25) is 5.91 Å². The lowest BCUT2D eigenvalue weighted by atomic mass is 10.2. The second-order valence-electron chi connectivity index (χ2n) is 5.46. The predicted molar refractivity (Wildman–Crippen MR) is 90.5 cm³/mol. The molecule has 116 valence electrons. The molecule has 4 nitrogen and oxygen atoms in total. The minimum atomic E-state index is -0.0842. The number of anilines is 2. The molecule has 0 aliphatic rings. The zero-order valence-electron chi connectivity index (χ0n) is 13.2. The molecule has 0 heterocycles. The Morgan fingerprint density at radius 2 is 1.82 bits per heavy atom. The molecule has 0 spiro atoms. The zero-order valence-corrected chi connectivity index (χ0v) is 13.2. The van der Waals surface area contributed by atoms with Gasteiger partial charge in [0.15, 0.2) is 0 Å². The van der Waals surface area contributed by atoms with Gasteiger partial charge in [-0.1, -0.05) is 12.1 Å². The van der Waals surface area contributed by atoms with Gasteiger partial charge < -0.3 is 15.4 Å². The average Bonchev–Trinajstić information content (AvgIpc) is 2.47. The van der Waals surface area contributed by atoms with Crippen molar-refractivity contribution in [3.05, 3.63) is 54.1 Å². The van der Waals surface area contributed by atoms with Gasteiger partial charge >= 0.3 is 0 Å². The van der Waals surface area contributed by atoms with E-state index in [4.69, 9.17) is 4.74 Å². The summed E-state index contributed by atoms with van der Waals surface area (Å²) in [5, 5.41) is 5.96. The van der Waals surface area contributed by atoms with Crippen molar-refractivity contribution in [2.24, 2.45) is 0 Å². The average molecular weight is 298 g/mol. The molecule has 1 amide bonds. The van der Waals surface area contributed by atoms with E-state index in [1.165, 1.54) is 0 Å². The van der Waals surface area contributed by atoms with Gasteiger partial charge in [-0.3, -0.25) is 4.79 Å². The second-order valence-corrected chi connectivity index (χ2v) is 5.46. The van der Waals surface area contributed by atoms with Crippen LogP contribution in [0.3, 0.4) is 0 Å². The first-order valence-electron chi connectivity index (χ1n) is 7.40. The van der Waals surface area contributed by atoms with Crippen molar-refractivity contribution in [3.63, 3.8) is 0 Å². The lowest BCUT2D eigenvalue weighted by Gasteiger charge is -2.11. The summed E-state index contributed by atoms with van der Waals surface area (Å²) < 4.78 is 5.57. The number of carbonyl (C=O) groups excluding carboxylic acids is 1. The van der Waals surface area contributed by atoms with Crippen molar-refractivity contribution in [2.45, 2.75) is 26.9 Å². The van der Waals surface area contributed by atoms with Crippen LogP contribution < -0.4 is 15.4 Å². The highest BCUT2D eigenvalue weighted by atomic mass is 16.5. The Hall–Kier alpha value is -2.49. The molecule has 0 aliphatic heterocycles. The second kappa shape index (κ2) is 7.50. The summed E-state index contributed by atoms with van der Waals surface area (Å²) >= 11 is 0. The van der Waals surface area contributed by atoms with Crippen molar-refractivity contribution in [1.82, 2.24) is 0 Å². The Morgan fingerprint density at radius 1 is 1.09 bits per heavy atom. The number of rotatable bonds is 6. The fourth-order valence-corrected chi connectivity index (χ4v) is 2.03. The van der Waals surface area contributed by atoms with Crippen LogP contribution in [0.4, 0.5) is 11.4 Å². The Labute approximate surface area is 131 Å². The standard InChI is InChI=1S/C18H22N2O2/c1-13(2)22-17-9-7-15(8-10-17)20-18(21)12-19-16-6-4-5-14(3)11-16/h4-11,13,19H,12H2,1-3H3,(H,20,21). The maximum absolute atomic E-state index is 11.9. The third kappa shape index (κ3) is 5.13. The van der Waals surface area contributed by atoms with Crippen molar-refractivity contribution in [2.75, 3.05) is 17.2 Å². The minimum absolute atomic E-state index is 0.0842. The van der Waals surface area contributed by atoms with Crippen LogP contribution in [-0.2, 0) is 4.79 Å². The molecular weight excluding hydrogens is 276 g/mol. The number of hydrogen-bond donors (Lipinski definition) is 2. The van der Waals surface area contributed by atoms with E-state index in [0.717, 1.165) is 22.7 Å². The molecule has 0 atom stereocenters. The first-order valence-corrected chi connectivity index (χ1v) is 7.40. The van der Waals surface area contributed by atoms with Crippen LogP contribution in [0.1, 0.15) is 19.4 Å². The highest BCUT2D eigenvalue weighted by molar-refractivity contribution is 5.93. The number of carbonyl (C=O) groups is 1. The quantitative estimate of drug-likeness (QED) is 0.852. The Morgan fingerprint density at radius 3 is 2.45 bits per heavy atom. The zero-order chi connectivity index (χ0) is 15.9. The van der Waals surface area contributed by atoms with Crippen LogP contribution in [0.25, 0.3) is 0 Å². The molecule has 22 heavy (non-hydrogen) atoms. The predicted octanol–water partition coefficient (Wildman–Crippen LogP) is 3.83. The van der Waals surface area contributed by atoms with E-state index >= 15 is 0 Å².